The second kappa shape index (κ2) is 5.65. The monoisotopic (exact) mass is 230 g/mol. The lowest BCUT2D eigenvalue weighted by Crippen LogP contribution is -2.14. The van der Waals surface area contributed by atoms with Crippen LogP contribution in [0, 0.1) is 10.1 Å². The molecule has 82 valence electrons. The topological polar surface area (TPSA) is 64.4 Å². The second-order valence-corrected chi connectivity index (χ2v) is 3.22. The van der Waals surface area contributed by atoms with Crippen LogP contribution in [0.5, 0.6) is 0 Å². The van der Waals surface area contributed by atoms with Crippen LogP contribution in [0.4, 0.5) is 5.69 Å². The quantitative estimate of drug-likeness (QED) is 0.479. The lowest BCUT2D eigenvalue weighted by molar-refractivity contribution is -0.385. The molecular weight excluding hydrogens is 220 g/mol. The molecule has 15 heavy (non-hydrogen) atoms. The molecule has 1 aromatic rings. The van der Waals surface area contributed by atoms with Gasteiger partial charge in [0, 0.05) is 16.7 Å². The lowest BCUT2D eigenvalue weighted by Gasteiger charge is -2.05. The number of rotatable bonds is 5. The minimum Gasteiger partial charge on any atom is -0.302 e. The number of hydroxylamine groups is 1. The first-order valence-electron chi connectivity index (χ1n) is 4.42. The normalized spacial score (nSPS) is 10.3. The fourth-order valence-corrected chi connectivity index (χ4v) is 1.30. The summed E-state index contributed by atoms with van der Waals surface area (Å²) >= 11 is 5.74. The van der Waals surface area contributed by atoms with E-state index in [9.17, 15) is 10.1 Å². The Bertz CT molecular complexity index is 357. The highest BCUT2D eigenvalue weighted by molar-refractivity contribution is 6.30. The van der Waals surface area contributed by atoms with Gasteiger partial charge in [-0.3, -0.25) is 10.1 Å². The standard InChI is InChI=1S/C9H11ClN2O3/c1-2-15-11-6-7-5-8(10)3-4-9(7)12(13)14/h3-5,11H,2,6H2,1H3. The fraction of sp³-hybridized carbons (Fsp3) is 0.333. The number of hydrogen-bond donors (Lipinski definition) is 1. The number of benzene rings is 1. The van der Waals surface area contributed by atoms with E-state index >= 15 is 0 Å². The minimum atomic E-state index is -0.445. The van der Waals surface area contributed by atoms with Crippen LogP contribution in [0.25, 0.3) is 0 Å². The van der Waals surface area contributed by atoms with Crippen LogP contribution in [-0.2, 0) is 11.4 Å². The fourth-order valence-electron chi connectivity index (χ4n) is 1.10. The van der Waals surface area contributed by atoms with Gasteiger partial charge in [-0.15, -0.1) is 0 Å². The van der Waals surface area contributed by atoms with Gasteiger partial charge in [-0.05, 0) is 19.1 Å². The predicted octanol–water partition coefficient (Wildman–Crippen LogP) is 2.29. The van der Waals surface area contributed by atoms with Crippen molar-refractivity contribution in [3.05, 3.63) is 38.9 Å². The number of nitrogens with one attached hydrogen (secondary N) is 1. The summed E-state index contributed by atoms with van der Waals surface area (Å²) in [5.41, 5.74) is 3.15. The van der Waals surface area contributed by atoms with E-state index in [1.54, 1.807) is 6.07 Å². The van der Waals surface area contributed by atoms with Crippen molar-refractivity contribution in [3.63, 3.8) is 0 Å². The number of nitro groups is 1. The van der Waals surface area contributed by atoms with Gasteiger partial charge in [0.05, 0.1) is 18.1 Å². The van der Waals surface area contributed by atoms with Gasteiger partial charge in [0.25, 0.3) is 5.69 Å². The average Bonchev–Trinajstić information content (AvgIpc) is 2.18. The van der Waals surface area contributed by atoms with E-state index in [-0.39, 0.29) is 12.2 Å². The smallest absolute Gasteiger partial charge is 0.274 e. The predicted molar refractivity (Wildman–Crippen MR) is 56.6 cm³/mol. The average molecular weight is 231 g/mol. The summed E-state index contributed by atoms with van der Waals surface area (Å²) in [6.07, 6.45) is 0. The van der Waals surface area contributed by atoms with Crippen LogP contribution in [-0.4, -0.2) is 11.5 Å². The molecule has 0 heterocycles. The van der Waals surface area contributed by atoms with Crippen LogP contribution in [0.2, 0.25) is 5.02 Å². The molecule has 0 bridgehead atoms. The molecular formula is C9H11ClN2O3. The maximum absolute atomic E-state index is 10.7. The third kappa shape index (κ3) is 3.47. The molecule has 0 saturated heterocycles. The first-order chi connectivity index (χ1) is 7.15. The van der Waals surface area contributed by atoms with E-state index in [0.29, 0.717) is 17.2 Å². The molecule has 0 amide bonds. The summed E-state index contributed by atoms with van der Waals surface area (Å²) in [6, 6.07) is 4.42. The van der Waals surface area contributed by atoms with Gasteiger partial charge >= 0.3 is 0 Å². The van der Waals surface area contributed by atoms with E-state index < -0.39 is 4.92 Å². The van der Waals surface area contributed by atoms with Crippen molar-refractivity contribution in [1.29, 1.82) is 0 Å². The minimum absolute atomic E-state index is 0.0339. The van der Waals surface area contributed by atoms with Crippen LogP contribution < -0.4 is 5.48 Å². The van der Waals surface area contributed by atoms with Crippen molar-refractivity contribution >= 4 is 17.3 Å². The van der Waals surface area contributed by atoms with Crippen molar-refractivity contribution in [2.45, 2.75) is 13.5 Å². The van der Waals surface area contributed by atoms with Crippen LogP contribution in [0.1, 0.15) is 12.5 Å². The number of halogens is 1. The van der Waals surface area contributed by atoms with Gasteiger partial charge < -0.3 is 4.84 Å². The molecule has 1 N–H and O–H groups in total. The first-order valence-corrected chi connectivity index (χ1v) is 4.80. The molecule has 0 aromatic heterocycles. The summed E-state index contributed by atoms with van der Waals surface area (Å²) in [6.45, 7) is 2.57. The van der Waals surface area contributed by atoms with Crippen molar-refractivity contribution in [3.8, 4) is 0 Å². The molecule has 1 rings (SSSR count). The van der Waals surface area contributed by atoms with Gasteiger partial charge in [-0.2, -0.15) is 5.48 Å². The van der Waals surface area contributed by atoms with E-state index in [4.69, 9.17) is 16.4 Å². The van der Waals surface area contributed by atoms with Crippen LogP contribution >= 0.6 is 11.6 Å². The third-order valence-electron chi connectivity index (χ3n) is 1.75. The first kappa shape index (κ1) is 11.9. The largest absolute Gasteiger partial charge is 0.302 e. The molecule has 5 nitrogen and oxygen atoms in total. The highest BCUT2D eigenvalue weighted by Gasteiger charge is 2.13. The molecule has 0 fully saturated rings. The molecule has 0 saturated carbocycles. The third-order valence-corrected chi connectivity index (χ3v) is 1.98. The summed E-state index contributed by atoms with van der Waals surface area (Å²) < 4.78 is 0. The van der Waals surface area contributed by atoms with E-state index in [0.717, 1.165) is 0 Å². The molecule has 6 heteroatoms. The van der Waals surface area contributed by atoms with Crippen molar-refractivity contribution in [1.82, 2.24) is 5.48 Å². The molecule has 0 aliphatic carbocycles. The van der Waals surface area contributed by atoms with Crippen molar-refractivity contribution < 1.29 is 9.76 Å². The van der Waals surface area contributed by atoms with E-state index in [2.05, 4.69) is 5.48 Å². The Hall–Kier alpha value is -1.17. The highest BCUT2D eigenvalue weighted by atomic mass is 35.5. The summed E-state index contributed by atoms with van der Waals surface area (Å²) in [5, 5.41) is 11.1. The van der Waals surface area contributed by atoms with Crippen molar-refractivity contribution in [2.24, 2.45) is 0 Å². The molecule has 0 radical (unpaired) electrons. The van der Waals surface area contributed by atoms with Gasteiger partial charge in [0.15, 0.2) is 0 Å². The van der Waals surface area contributed by atoms with E-state index in [1.165, 1.54) is 12.1 Å². The Balaban J connectivity index is 2.82. The Morgan fingerprint density at radius 1 is 1.60 bits per heavy atom. The van der Waals surface area contributed by atoms with Crippen LogP contribution in [0.3, 0.4) is 0 Å². The molecule has 0 atom stereocenters. The van der Waals surface area contributed by atoms with Gasteiger partial charge in [-0.25, -0.2) is 0 Å². The number of nitro benzene ring substituents is 1. The Morgan fingerprint density at radius 2 is 2.33 bits per heavy atom. The van der Waals surface area contributed by atoms with E-state index in [1.807, 2.05) is 6.92 Å². The Morgan fingerprint density at radius 3 is 2.93 bits per heavy atom. The zero-order valence-electron chi connectivity index (χ0n) is 8.20. The number of hydrogen-bond acceptors (Lipinski definition) is 4. The molecule has 0 unspecified atom stereocenters. The van der Waals surface area contributed by atoms with Gasteiger partial charge in [0.2, 0.25) is 0 Å². The molecule has 0 aliphatic rings. The van der Waals surface area contributed by atoms with Crippen LogP contribution in [0.15, 0.2) is 18.2 Å². The Kier molecular flexibility index (Phi) is 4.48. The lowest BCUT2D eigenvalue weighted by atomic mass is 10.2. The molecule has 0 aliphatic heterocycles. The SMILES string of the molecule is CCONCc1cc(Cl)ccc1[N+](=O)[O-]. The zero-order chi connectivity index (χ0) is 11.3. The maximum atomic E-state index is 10.7. The number of nitrogens with zero attached hydrogens (tertiary/aromatic N) is 1. The summed E-state index contributed by atoms with van der Waals surface area (Å²) in [5.74, 6) is 0. The Labute approximate surface area is 92.1 Å². The van der Waals surface area contributed by atoms with Crippen molar-refractivity contribution in [2.75, 3.05) is 6.61 Å². The van der Waals surface area contributed by atoms with Gasteiger partial charge in [-0.1, -0.05) is 11.6 Å². The highest BCUT2D eigenvalue weighted by Crippen LogP contribution is 2.22. The maximum Gasteiger partial charge on any atom is 0.274 e. The zero-order valence-corrected chi connectivity index (χ0v) is 8.95. The van der Waals surface area contributed by atoms with Gasteiger partial charge in [0.1, 0.15) is 0 Å². The molecule has 0 spiro atoms. The summed E-state index contributed by atoms with van der Waals surface area (Å²) in [7, 11) is 0. The second-order valence-electron chi connectivity index (χ2n) is 2.78. The molecule has 1 aromatic carbocycles. The summed E-state index contributed by atoms with van der Waals surface area (Å²) in [4.78, 5) is 15.1.